The zero-order valence-electron chi connectivity index (χ0n) is 67.6. The molecule has 3 saturated carbocycles. The highest BCUT2D eigenvalue weighted by Gasteiger charge is 2.57. The molecular formula is C85H138N2O19. The molecule has 21 nitrogen and oxygen atoms in total. The van der Waals surface area contributed by atoms with Crippen LogP contribution in [0.1, 0.15) is 212 Å². The lowest BCUT2D eigenvalue weighted by Crippen LogP contribution is -2.60. The van der Waals surface area contributed by atoms with Crippen molar-refractivity contribution in [1.82, 2.24) is 10.6 Å². The fourth-order valence-electron chi connectivity index (χ4n) is 21.7. The summed E-state index contributed by atoms with van der Waals surface area (Å²) >= 11 is 0. The number of ether oxygens (including phenoxy) is 15. The number of Topliss-reactive ketones (excluding diaryl/α,β-unsaturated/α-hetero) is 2. The molecule has 2 N–H and O–H groups in total. The van der Waals surface area contributed by atoms with E-state index in [0.717, 1.165) is 140 Å². The summed E-state index contributed by atoms with van der Waals surface area (Å²) in [6.07, 6.45) is 18.8. The van der Waals surface area contributed by atoms with Crippen molar-refractivity contribution in [3.8, 4) is 0 Å². The molecule has 6 saturated heterocycles. The first-order valence-electron chi connectivity index (χ1n) is 42.0. The third-order valence-electron chi connectivity index (χ3n) is 27.8. The summed E-state index contributed by atoms with van der Waals surface area (Å²) in [4.78, 5) is 56.6. The van der Waals surface area contributed by atoms with Crippen molar-refractivity contribution in [1.29, 1.82) is 0 Å². The Morgan fingerprint density at radius 1 is 0.453 bits per heavy atom. The van der Waals surface area contributed by atoms with Gasteiger partial charge in [-0.1, -0.05) is 58.4 Å². The lowest BCUT2D eigenvalue weighted by atomic mass is 9.66. The molecular weight excluding hydrogens is 1350 g/mol. The number of carbonyl (C=O) groups is 4. The number of nitrogens with one attached hydrogen (secondary N) is 2. The highest BCUT2D eigenvalue weighted by atomic mass is 16.7. The van der Waals surface area contributed by atoms with E-state index >= 15 is 0 Å². The van der Waals surface area contributed by atoms with E-state index < -0.39 is 18.7 Å². The van der Waals surface area contributed by atoms with Crippen LogP contribution in [-0.4, -0.2) is 202 Å². The number of carbonyl (C=O) groups excluding carboxylic acids is 4. The largest absolute Gasteiger partial charge is 0.462 e. The molecule has 0 aromatic heterocycles. The van der Waals surface area contributed by atoms with Crippen molar-refractivity contribution in [3.05, 3.63) is 34.9 Å². The standard InChI is InChI=1S/C43H69NO9.C42H69NO10/c1-10-29-13-12-14-37(53-39-16-15-28(22-44-8)27(7)49-39)25(5)40(46)36-20-34-32(35(36)21-38(45)51-29)17-23(3)31-18-30(19-33(31)34)52-43-42(47-9)41(48-11-2)24(4)26(6)50-43;1-9-28-12-11-13-35(53-37-17-15-27(22-43-6)24(4)49-37)23(3)38(45)34-20-32-30(33(34)21-36(44)51-28)16-14-26-18-29(19-31(26)32)52-42-41(47-8)40(48-10-2)39(46-7)25(5)50-42/h17,20,24-35,37,39,41-44H,10-16,18-19,21-22H2,1-9H3;20,23-33,35,37,39-43H,9-19,21-22H2,1-8H3/t24?,25-,26?,27?,28?,29+,30-,31+,32-,33-,34-,35+,37+,39?,41?,42?,43?;23-,24?,25?,26-,27?,28+,29-,30-,31-,32-,33+,35+,37?,39?,40?,41?,42?/m11/s1. The van der Waals surface area contributed by atoms with Gasteiger partial charge in [-0.15, -0.1) is 0 Å². The van der Waals surface area contributed by atoms with Crippen LogP contribution in [0.4, 0.5) is 0 Å². The Morgan fingerprint density at radius 2 is 0.953 bits per heavy atom. The first kappa shape index (κ1) is 83.8. The van der Waals surface area contributed by atoms with E-state index in [-0.39, 0.29) is 188 Å². The summed E-state index contributed by atoms with van der Waals surface area (Å²) in [6.45, 7) is 27.9. The topological polar surface area (TPSA) is 231 Å². The Labute approximate surface area is 635 Å². The summed E-state index contributed by atoms with van der Waals surface area (Å²) in [6, 6.07) is 0. The molecule has 0 amide bonds. The summed E-state index contributed by atoms with van der Waals surface area (Å²) < 4.78 is 94.8. The predicted molar refractivity (Wildman–Crippen MR) is 401 cm³/mol. The van der Waals surface area contributed by atoms with Crippen LogP contribution >= 0.6 is 0 Å². The molecule has 9 fully saturated rings. The van der Waals surface area contributed by atoms with E-state index in [4.69, 9.17) is 71.1 Å². The smallest absolute Gasteiger partial charge is 0.306 e. The van der Waals surface area contributed by atoms with Gasteiger partial charge >= 0.3 is 11.9 Å². The van der Waals surface area contributed by atoms with Crippen LogP contribution in [0.2, 0.25) is 0 Å². The number of esters is 2. The lowest BCUT2D eigenvalue weighted by Gasteiger charge is -2.44. The van der Waals surface area contributed by atoms with Crippen LogP contribution in [0.25, 0.3) is 0 Å². The second kappa shape index (κ2) is 38.6. The quantitative estimate of drug-likeness (QED) is 0.0803. The zero-order valence-corrected chi connectivity index (χ0v) is 67.6. The number of methoxy groups -OCH3 is 3. The Balaban J connectivity index is 0.000000212. The van der Waals surface area contributed by atoms with Gasteiger partial charge in [0.05, 0.1) is 67.8 Å². The van der Waals surface area contributed by atoms with Crippen LogP contribution in [0.15, 0.2) is 34.9 Å². The minimum absolute atomic E-state index is 0.00162. The summed E-state index contributed by atoms with van der Waals surface area (Å²) in [5.74, 6) is 1.97. The monoisotopic (exact) mass is 1490 g/mol. The van der Waals surface area contributed by atoms with E-state index in [1.807, 2.05) is 48.7 Å². The number of fused-ring (bicyclic) bond motifs is 10. The summed E-state index contributed by atoms with van der Waals surface area (Å²) in [5, 5.41) is 6.57. The normalized spacial score (nSPS) is 45.2. The third kappa shape index (κ3) is 19.1. The Morgan fingerprint density at radius 3 is 1.48 bits per heavy atom. The molecule has 21 heteroatoms. The SMILES string of the molecule is CCOC1C(C)C(C)OC(O[C@H]2C[C@H]3[C@@H]4C=C5C(=O)[C@H](C)[C@@H](OC6CCC(CNC)C(C)O6)CCC[C@H](CC)OC(=O)C[C@H]5[C@@H]4C=C(C)[C@@H]3C2)C1OC.CCOC1C(OC)C(C)OC(O[C@@H]2C[C@H]3CC[C@@H]4[C@@H](C=C5C(=O)[C@H](C)[C@@H](OC6CCC(CNC)C(C)O6)CCC[C@H](CC)OC(=O)C[C@H]54)[C@@H]3C2)C1OC. The molecule has 0 bridgehead atoms. The van der Waals surface area contributed by atoms with Crippen molar-refractivity contribution in [2.75, 3.05) is 61.7 Å². The molecule has 0 aromatic rings. The van der Waals surface area contributed by atoms with E-state index in [1.165, 1.54) is 5.57 Å². The molecule has 6 aliphatic heterocycles. The summed E-state index contributed by atoms with van der Waals surface area (Å²) in [7, 11) is 9.03. The predicted octanol–water partition coefficient (Wildman–Crippen LogP) is 12.8. The van der Waals surface area contributed by atoms with Crippen LogP contribution in [0.5, 0.6) is 0 Å². The van der Waals surface area contributed by atoms with Gasteiger partial charge in [-0.3, -0.25) is 19.2 Å². The molecule has 34 atom stereocenters. The molecule has 12 rings (SSSR count). The maximum atomic E-state index is 14.7. The van der Waals surface area contributed by atoms with Gasteiger partial charge in [-0.05, 0) is 248 Å². The van der Waals surface area contributed by atoms with Gasteiger partial charge in [-0.25, -0.2) is 0 Å². The fraction of sp³-hybridized carbons (Fsp3) is 0.882. The van der Waals surface area contributed by atoms with Crippen LogP contribution < -0.4 is 10.6 Å². The molecule has 6 heterocycles. The van der Waals surface area contributed by atoms with Crippen molar-refractivity contribution in [2.24, 2.45) is 88.8 Å². The molecule has 6 aliphatic carbocycles. The van der Waals surface area contributed by atoms with Gasteiger partial charge in [-0.2, -0.15) is 0 Å². The summed E-state index contributed by atoms with van der Waals surface area (Å²) in [5.41, 5.74) is 2.93. The van der Waals surface area contributed by atoms with Gasteiger partial charge < -0.3 is 81.7 Å². The Hall–Kier alpha value is -3.10. The van der Waals surface area contributed by atoms with Crippen molar-refractivity contribution < 1.29 is 90.2 Å². The van der Waals surface area contributed by atoms with Gasteiger partial charge in [0.15, 0.2) is 36.7 Å². The molecule has 12 aliphatic rings. The van der Waals surface area contributed by atoms with Crippen LogP contribution in [0, 0.1) is 88.8 Å². The van der Waals surface area contributed by atoms with Gasteiger partial charge in [0.25, 0.3) is 0 Å². The molecule has 0 aromatic carbocycles. The van der Waals surface area contributed by atoms with Gasteiger partial charge in [0.2, 0.25) is 0 Å². The molecule has 0 spiro atoms. The number of rotatable bonds is 21. The number of allylic oxidation sites excluding steroid dienone is 6. The van der Waals surface area contributed by atoms with E-state index in [2.05, 4.69) is 77.3 Å². The van der Waals surface area contributed by atoms with Crippen LogP contribution in [-0.2, 0) is 90.2 Å². The number of hydrogen-bond acceptors (Lipinski definition) is 21. The fourth-order valence-corrected chi connectivity index (χ4v) is 21.7. The zero-order chi connectivity index (χ0) is 75.8. The maximum absolute atomic E-state index is 14.7. The minimum atomic E-state index is -0.568. The van der Waals surface area contributed by atoms with Crippen molar-refractivity contribution in [3.63, 3.8) is 0 Å². The van der Waals surface area contributed by atoms with Gasteiger partial charge in [0, 0.05) is 77.2 Å². The average molecular weight is 1490 g/mol. The lowest BCUT2D eigenvalue weighted by molar-refractivity contribution is -0.317. The second-order valence-electron chi connectivity index (χ2n) is 34.0. The number of ketones is 2. The molecule has 16 unspecified atom stereocenters. The third-order valence-corrected chi connectivity index (χ3v) is 27.8. The van der Waals surface area contributed by atoms with E-state index in [0.29, 0.717) is 48.7 Å². The highest BCUT2D eigenvalue weighted by molar-refractivity contribution is 6.00. The van der Waals surface area contributed by atoms with Gasteiger partial charge in [0.1, 0.15) is 36.6 Å². The molecule has 0 radical (unpaired) electrons. The van der Waals surface area contributed by atoms with Crippen LogP contribution in [0.3, 0.4) is 0 Å². The number of cyclic esters (lactones) is 2. The minimum Gasteiger partial charge on any atom is -0.462 e. The number of hydrogen-bond donors (Lipinski definition) is 2. The van der Waals surface area contributed by atoms with Crippen molar-refractivity contribution in [2.45, 2.75) is 328 Å². The Bertz CT molecular complexity index is 2950. The molecule has 602 valence electrons. The highest BCUT2D eigenvalue weighted by Crippen LogP contribution is 2.59. The maximum Gasteiger partial charge on any atom is 0.306 e. The Kier molecular flexibility index (Phi) is 30.5. The first-order valence-corrected chi connectivity index (χ1v) is 42.0. The second-order valence-corrected chi connectivity index (χ2v) is 34.0. The van der Waals surface area contributed by atoms with Crippen molar-refractivity contribution >= 4 is 23.5 Å². The first-order chi connectivity index (χ1) is 51.1. The molecule has 106 heavy (non-hydrogen) atoms. The van der Waals surface area contributed by atoms with E-state index in [1.54, 1.807) is 21.3 Å². The van der Waals surface area contributed by atoms with E-state index in [9.17, 15) is 19.2 Å². The average Bonchev–Trinajstić information content (AvgIpc) is 1.60.